The van der Waals surface area contributed by atoms with Gasteiger partial charge in [0.15, 0.2) is 15.7 Å². The molecule has 1 atom stereocenters. The maximum Gasteiger partial charge on any atom is 0.318 e. The number of carbonyl (C=O) groups excluding carboxylic acids is 1. The Bertz CT molecular complexity index is 1000. The van der Waals surface area contributed by atoms with E-state index in [1.807, 2.05) is 0 Å². The minimum absolute atomic E-state index is 0.0915. The zero-order valence-electron chi connectivity index (χ0n) is 16.6. The Morgan fingerprint density at radius 2 is 1.90 bits per heavy atom. The molecule has 0 bridgehead atoms. The number of carbonyl (C=O) groups is 1. The summed E-state index contributed by atoms with van der Waals surface area (Å²) in [5.74, 6) is 0.825. The Labute approximate surface area is 169 Å². The van der Waals surface area contributed by atoms with Gasteiger partial charge in [0, 0.05) is 36.7 Å². The minimum atomic E-state index is -3.34. The monoisotopic (exact) mass is 419 g/mol. The second kappa shape index (κ2) is 7.96. The maximum atomic E-state index is 12.4. The van der Waals surface area contributed by atoms with E-state index < -0.39 is 14.6 Å². The summed E-state index contributed by atoms with van der Waals surface area (Å²) in [4.78, 5) is 20.5. The summed E-state index contributed by atoms with van der Waals surface area (Å²) in [7, 11) is -1.81. The van der Waals surface area contributed by atoms with Gasteiger partial charge >= 0.3 is 6.03 Å². The van der Waals surface area contributed by atoms with E-state index in [2.05, 4.69) is 25.9 Å². The standard InChI is InChI=1S/C19H25N5O4S/c1-12(11-25)21-16-10-15(19(8-9-19)29(3,27)28)23-17(24-16)13-4-6-14(7-5-13)22-18(26)20-2/h4-7,10,12,25H,8-9,11H2,1-3H3,(H2,20,22,26)(H,21,23,24)/t12-/m0/s1. The van der Waals surface area contributed by atoms with Gasteiger partial charge in [0.05, 0.1) is 12.3 Å². The van der Waals surface area contributed by atoms with Crippen molar-refractivity contribution in [3.8, 4) is 11.4 Å². The van der Waals surface area contributed by atoms with Crippen LogP contribution in [0, 0.1) is 0 Å². The molecular formula is C19H25N5O4S. The lowest BCUT2D eigenvalue weighted by molar-refractivity contribution is 0.254. The first-order chi connectivity index (χ1) is 13.7. The van der Waals surface area contributed by atoms with Crippen molar-refractivity contribution in [2.45, 2.75) is 30.6 Å². The molecule has 3 rings (SSSR count). The number of anilines is 2. The highest BCUT2D eigenvalue weighted by Gasteiger charge is 2.55. The molecule has 0 saturated heterocycles. The fraction of sp³-hybridized carbons (Fsp3) is 0.421. The van der Waals surface area contributed by atoms with Gasteiger partial charge in [-0.1, -0.05) is 0 Å². The molecule has 1 aromatic heterocycles. The van der Waals surface area contributed by atoms with Gasteiger partial charge in [-0.3, -0.25) is 0 Å². The van der Waals surface area contributed by atoms with Crippen LogP contribution in [0.1, 0.15) is 25.5 Å². The molecule has 0 unspecified atom stereocenters. The van der Waals surface area contributed by atoms with Gasteiger partial charge in [0.2, 0.25) is 0 Å². The van der Waals surface area contributed by atoms with Gasteiger partial charge < -0.3 is 21.1 Å². The Hall–Kier alpha value is -2.72. The lowest BCUT2D eigenvalue weighted by Gasteiger charge is -2.18. The molecule has 2 amide bonds. The number of aromatic nitrogens is 2. The third-order valence-corrected chi connectivity index (χ3v) is 6.94. The Morgan fingerprint density at radius 3 is 2.41 bits per heavy atom. The highest BCUT2D eigenvalue weighted by Crippen LogP contribution is 2.52. The predicted octanol–water partition coefficient (Wildman–Crippen LogP) is 1.72. The van der Waals surface area contributed by atoms with Crippen LogP contribution in [0.3, 0.4) is 0 Å². The molecule has 4 N–H and O–H groups in total. The molecule has 1 fully saturated rings. The van der Waals surface area contributed by atoms with Crippen molar-refractivity contribution >= 4 is 27.4 Å². The molecule has 29 heavy (non-hydrogen) atoms. The number of aliphatic hydroxyl groups excluding tert-OH is 1. The molecule has 1 aromatic carbocycles. The highest BCUT2D eigenvalue weighted by molar-refractivity contribution is 7.91. The van der Waals surface area contributed by atoms with E-state index in [-0.39, 0.29) is 18.7 Å². The minimum Gasteiger partial charge on any atom is -0.394 e. The number of rotatable bonds is 7. The number of nitrogens with one attached hydrogen (secondary N) is 3. The van der Waals surface area contributed by atoms with Gasteiger partial charge in [-0.2, -0.15) is 0 Å². The van der Waals surface area contributed by atoms with Crippen LogP contribution in [0.5, 0.6) is 0 Å². The van der Waals surface area contributed by atoms with Crippen LogP contribution in [0.25, 0.3) is 11.4 Å². The highest BCUT2D eigenvalue weighted by atomic mass is 32.2. The van der Waals surface area contributed by atoms with Crippen molar-refractivity contribution in [2.75, 3.05) is 30.5 Å². The van der Waals surface area contributed by atoms with Gasteiger partial charge in [0.25, 0.3) is 0 Å². The van der Waals surface area contributed by atoms with Crippen LogP contribution in [0.15, 0.2) is 30.3 Å². The molecule has 9 nitrogen and oxygen atoms in total. The Balaban J connectivity index is 2.00. The lowest BCUT2D eigenvalue weighted by Crippen LogP contribution is -2.24. The zero-order chi connectivity index (χ0) is 21.2. The maximum absolute atomic E-state index is 12.4. The summed E-state index contributed by atoms with van der Waals surface area (Å²) in [5.41, 5.74) is 1.73. The van der Waals surface area contributed by atoms with Crippen molar-refractivity contribution in [3.05, 3.63) is 36.0 Å². The molecule has 0 spiro atoms. The number of urea groups is 1. The summed E-state index contributed by atoms with van der Waals surface area (Å²) in [6, 6.07) is 8.00. The van der Waals surface area contributed by atoms with Crippen LogP contribution in [0.2, 0.25) is 0 Å². The number of hydrogen-bond donors (Lipinski definition) is 4. The molecular weight excluding hydrogens is 394 g/mol. The van der Waals surface area contributed by atoms with Gasteiger partial charge in [-0.15, -0.1) is 0 Å². The summed E-state index contributed by atoms with van der Waals surface area (Å²) in [5, 5.41) is 17.6. The summed E-state index contributed by atoms with van der Waals surface area (Å²) in [6.07, 6.45) is 2.27. The van der Waals surface area contributed by atoms with Crippen molar-refractivity contribution < 1.29 is 18.3 Å². The zero-order valence-corrected chi connectivity index (χ0v) is 17.4. The van der Waals surface area contributed by atoms with Crippen LogP contribution in [-0.4, -0.2) is 55.5 Å². The number of aliphatic hydroxyl groups is 1. The Morgan fingerprint density at radius 1 is 1.24 bits per heavy atom. The van der Waals surface area contributed by atoms with Crippen LogP contribution < -0.4 is 16.0 Å². The third-order valence-electron chi connectivity index (χ3n) is 4.90. The fourth-order valence-corrected chi connectivity index (χ4v) is 4.34. The predicted molar refractivity (Wildman–Crippen MR) is 111 cm³/mol. The van der Waals surface area contributed by atoms with E-state index in [4.69, 9.17) is 0 Å². The largest absolute Gasteiger partial charge is 0.394 e. The van der Waals surface area contributed by atoms with Gasteiger partial charge in [0.1, 0.15) is 10.6 Å². The van der Waals surface area contributed by atoms with E-state index in [1.165, 1.54) is 13.3 Å². The normalized spacial score (nSPS) is 16.0. The molecule has 1 aliphatic carbocycles. The van der Waals surface area contributed by atoms with Crippen molar-refractivity contribution in [2.24, 2.45) is 0 Å². The SMILES string of the molecule is CNC(=O)Nc1ccc(-c2nc(N[C@@H](C)CO)cc(C3(S(C)(=O)=O)CC3)n2)cc1. The second-order valence-electron chi connectivity index (χ2n) is 7.24. The van der Waals surface area contributed by atoms with E-state index in [1.54, 1.807) is 37.3 Å². The van der Waals surface area contributed by atoms with Gasteiger partial charge in [-0.25, -0.2) is 23.2 Å². The average Bonchev–Trinajstić information content (AvgIpc) is 3.50. The molecule has 156 valence electrons. The fourth-order valence-electron chi connectivity index (χ4n) is 3.01. The molecule has 1 heterocycles. The van der Waals surface area contributed by atoms with Crippen LogP contribution in [0.4, 0.5) is 16.3 Å². The summed E-state index contributed by atoms with van der Waals surface area (Å²) < 4.78 is 23.7. The quantitative estimate of drug-likeness (QED) is 0.537. The third kappa shape index (κ3) is 4.48. The van der Waals surface area contributed by atoms with Crippen molar-refractivity contribution in [3.63, 3.8) is 0 Å². The van der Waals surface area contributed by atoms with Crippen LogP contribution >= 0.6 is 0 Å². The van der Waals surface area contributed by atoms with E-state index in [0.717, 1.165) is 0 Å². The summed E-state index contributed by atoms with van der Waals surface area (Å²) in [6.45, 7) is 1.70. The lowest BCUT2D eigenvalue weighted by atomic mass is 10.1. The smallest absolute Gasteiger partial charge is 0.318 e. The topological polar surface area (TPSA) is 133 Å². The van der Waals surface area contributed by atoms with Crippen LogP contribution in [-0.2, 0) is 14.6 Å². The molecule has 1 aliphatic rings. The number of sulfone groups is 1. The van der Waals surface area contributed by atoms with E-state index in [0.29, 0.717) is 41.4 Å². The first-order valence-corrected chi connectivity index (χ1v) is 11.1. The molecule has 0 aliphatic heterocycles. The number of hydrogen-bond acceptors (Lipinski definition) is 7. The van der Waals surface area contributed by atoms with E-state index in [9.17, 15) is 18.3 Å². The Kier molecular flexibility index (Phi) is 5.76. The van der Waals surface area contributed by atoms with Crippen molar-refractivity contribution in [1.29, 1.82) is 0 Å². The molecule has 10 heteroatoms. The van der Waals surface area contributed by atoms with Crippen molar-refractivity contribution in [1.82, 2.24) is 15.3 Å². The molecule has 1 saturated carbocycles. The molecule has 2 aromatic rings. The first kappa shape index (κ1) is 21.0. The first-order valence-electron chi connectivity index (χ1n) is 9.24. The number of benzene rings is 1. The van der Waals surface area contributed by atoms with E-state index >= 15 is 0 Å². The molecule has 0 radical (unpaired) electrons. The average molecular weight is 420 g/mol. The second-order valence-corrected chi connectivity index (χ2v) is 9.56. The van der Waals surface area contributed by atoms with Gasteiger partial charge in [-0.05, 0) is 44.0 Å². The number of nitrogens with zero attached hydrogens (tertiary/aromatic N) is 2. The number of amides is 2. The summed E-state index contributed by atoms with van der Waals surface area (Å²) >= 11 is 0.